The van der Waals surface area contributed by atoms with Gasteiger partial charge >= 0.3 is 5.97 Å². The van der Waals surface area contributed by atoms with Crippen molar-refractivity contribution in [3.8, 4) is 11.5 Å². The number of methoxy groups -OCH3 is 1. The van der Waals surface area contributed by atoms with Gasteiger partial charge in [0.1, 0.15) is 6.10 Å². The molecular formula is C13H16O4S. The number of carboxylic acid groups (broad SMARTS) is 1. The second-order valence-corrected chi connectivity index (χ2v) is 5.32. The summed E-state index contributed by atoms with van der Waals surface area (Å²) in [6.45, 7) is 1.65. The zero-order valence-corrected chi connectivity index (χ0v) is 11.2. The SMILES string of the molecule is COc1cc(C(C)C(=O)O)ccc1OC1CSC1. The maximum Gasteiger partial charge on any atom is 0.310 e. The lowest BCUT2D eigenvalue weighted by Crippen LogP contribution is -2.31. The van der Waals surface area contributed by atoms with Crippen LogP contribution in [-0.2, 0) is 4.79 Å². The average molecular weight is 268 g/mol. The van der Waals surface area contributed by atoms with Crippen molar-refractivity contribution in [1.82, 2.24) is 0 Å². The first-order valence-corrected chi connectivity index (χ1v) is 6.92. The number of ether oxygens (including phenoxy) is 2. The van der Waals surface area contributed by atoms with E-state index in [2.05, 4.69) is 0 Å². The largest absolute Gasteiger partial charge is 0.493 e. The molecule has 18 heavy (non-hydrogen) atoms. The van der Waals surface area contributed by atoms with Gasteiger partial charge in [0.05, 0.1) is 13.0 Å². The monoisotopic (exact) mass is 268 g/mol. The molecular weight excluding hydrogens is 252 g/mol. The first kappa shape index (κ1) is 13.1. The fraction of sp³-hybridized carbons (Fsp3) is 0.462. The molecule has 98 valence electrons. The van der Waals surface area contributed by atoms with Crippen LogP contribution in [0.4, 0.5) is 0 Å². The highest BCUT2D eigenvalue weighted by atomic mass is 32.2. The Hall–Kier alpha value is -1.36. The zero-order chi connectivity index (χ0) is 13.1. The van der Waals surface area contributed by atoms with Crippen LogP contribution in [0.15, 0.2) is 18.2 Å². The van der Waals surface area contributed by atoms with Crippen LogP contribution in [0.3, 0.4) is 0 Å². The predicted octanol–water partition coefficient (Wildman–Crippen LogP) is 2.38. The highest BCUT2D eigenvalue weighted by molar-refractivity contribution is 8.00. The Morgan fingerprint density at radius 2 is 2.17 bits per heavy atom. The van der Waals surface area contributed by atoms with Crippen molar-refractivity contribution in [2.24, 2.45) is 0 Å². The number of carbonyl (C=O) groups is 1. The lowest BCUT2D eigenvalue weighted by atomic mass is 10.0. The molecule has 1 atom stereocenters. The van der Waals surface area contributed by atoms with Gasteiger partial charge in [0, 0.05) is 11.5 Å². The molecule has 0 spiro atoms. The Morgan fingerprint density at radius 3 is 2.67 bits per heavy atom. The van der Waals surface area contributed by atoms with Gasteiger partial charge in [-0.15, -0.1) is 0 Å². The average Bonchev–Trinajstić information content (AvgIpc) is 2.32. The summed E-state index contributed by atoms with van der Waals surface area (Å²) < 4.78 is 11.0. The normalized spacial score (nSPS) is 16.8. The van der Waals surface area contributed by atoms with Gasteiger partial charge in [-0.2, -0.15) is 11.8 Å². The highest BCUT2D eigenvalue weighted by Crippen LogP contribution is 2.34. The number of hydrogen-bond acceptors (Lipinski definition) is 4. The number of thioether (sulfide) groups is 1. The molecule has 1 aliphatic rings. The second-order valence-electron chi connectivity index (χ2n) is 4.25. The first-order chi connectivity index (χ1) is 8.61. The molecule has 1 aromatic carbocycles. The van der Waals surface area contributed by atoms with Crippen molar-refractivity contribution in [1.29, 1.82) is 0 Å². The minimum absolute atomic E-state index is 0.242. The van der Waals surface area contributed by atoms with Crippen molar-refractivity contribution >= 4 is 17.7 Å². The molecule has 1 aliphatic heterocycles. The summed E-state index contributed by atoms with van der Waals surface area (Å²) in [5.41, 5.74) is 0.717. The van der Waals surface area contributed by atoms with E-state index in [9.17, 15) is 4.79 Å². The topological polar surface area (TPSA) is 55.8 Å². The first-order valence-electron chi connectivity index (χ1n) is 5.77. The van der Waals surface area contributed by atoms with Crippen LogP contribution >= 0.6 is 11.8 Å². The summed E-state index contributed by atoms with van der Waals surface area (Å²) in [7, 11) is 1.56. The van der Waals surface area contributed by atoms with E-state index in [1.54, 1.807) is 32.2 Å². The summed E-state index contributed by atoms with van der Waals surface area (Å²) >= 11 is 1.85. The predicted molar refractivity (Wildman–Crippen MR) is 70.8 cm³/mol. The summed E-state index contributed by atoms with van der Waals surface area (Å²) in [5.74, 6) is 1.88. The fourth-order valence-corrected chi connectivity index (χ4v) is 2.22. The Bertz CT molecular complexity index is 443. The van der Waals surface area contributed by atoms with E-state index in [0.29, 0.717) is 11.5 Å². The Labute approximate surface area is 110 Å². The Kier molecular flexibility index (Phi) is 4.01. The van der Waals surface area contributed by atoms with Gasteiger partial charge in [-0.05, 0) is 24.6 Å². The quantitative estimate of drug-likeness (QED) is 0.888. The molecule has 0 amide bonds. The van der Waals surface area contributed by atoms with Gasteiger partial charge in [-0.1, -0.05) is 6.07 Å². The van der Waals surface area contributed by atoms with E-state index in [1.165, 1.54) is 0 Å². The van der Waals surface area contributed by atoms with Crippen LogP contribution in [0.2, 0.25) is 0 Å². The number of hydrogen-bond donors (Lipinski definition) is 1. The van der Waals surface area contributed by atoms with Crippen molar-refractivity contribution in [3.63, 3.8) is 0 Å². The molecule has 1 heterocycles. The third-order valence-electron chi connectivity index (χ3n) is 2.96. The molecule has 0 aromatic heterocycles. The lowest BCUT2D eigenvalue weighted by molar-refractivity contribution is -0.138. The molecule has 0 aliphatic carbocycles. The van der Waals surface area contributed by atoms with Crippen LogP contribution in [0.5, 0.6) is 11.5 Å². The van der Waals surface area contributed by atoms with E-state index in [4.69, 9.17) is 14.6 Å². The van der Waals surface area contributed by atoms with Crippen molar-refractivity contribution in [2.45, 2.75) is 18.9 Å². The third kappa shape index (κ3) is 2.72. The van der Waals surface area contributed by atoms with Gasteiger partial charge in [0.15, 0.2) is 11.5 Å². The maximum atomic E-state index is 10.9. The molecule has 1 N–H and O–H groups in total. The molecule has 1 saturated heterocycles. The summed E-state index contributed by atoms with van der Waals surface area (Å²) in [6.07, 6.45) is 0.242. The van der Waals surface area contributed by atoms with Gasteiger partial charge in [-0.25, -0.2) is 0 Å². The van der Waals surface area contributed by atoms with E-state index in [0.717, 1.165) is 17.1 Å². The molecule has 0 saturated carbocycles. The maximum absolute atomic E-state index is 10.9. The van der Waals surface area contributed by atoms with E-state index < -0.39 is 11.9 Å². The zero-order valence-electron chi connectivity index (χ0n) is 10.4. The smallest absolute Gasteiger partial charge is 0.310 e. The highest BCUT2D eigenvalue weighted by Gasteiger charge is 2.22. The summed E-state index contributed by atoms with van der Waals surface area (Å²) in [5, 5.41) is 8.99. The van der Waals surface area contributed by atoms with Crippen LogP contribution < -0.4 is 9.47 Å². The summed E-state index contributed by atoms with van der Waals surface area (Å²) in [6, 6.07) is 5.30. The number of benzene rings is 1. The molecule has 0 bridgehead atoms. The molecule has 4 nitrogen and oxygen atoms in total. The van der Waals surface area contributed by atoms with Crippen molar-refractivity contribution < 1.29 is 19.4 Å². The van der Waals surface area contributed by atoms with Gasteiger partial charge in [-0.3, -0.25) is 4.79 Å². The molecule has 2 rings (SSSR count). The van der Waals surface area contributed by atoms with Crippen molar-refractivity contribution in [2.75, 3.05) is 18.6 Å². The molecule has 1 unspecified atom stereocenters. The molecule has 5 heteroatoms. The number of carboxylic acids is 1. The van der Waals surface area contributed by atoms with Gasteiger partial charge in [0.2, 0.25) is 0 Å². The second kappa shape index (κ2) is 5.52. The van der Waals surface area contributed by atoms with E-state index in [1.807, 2.05) is 11.8 Å². The molecule has 0 radical (unpaired) electrons. The number of rotatable bonds is 5. The van der Waals surface area contributed by atoms with Gasteiger partial charge in [0.25, 0.3) is 0 Å². The fourth-order valence-electron chi connectivity index (χ4n) is 1.66. The molecule has 1 aromatic rings. The minimum Gasteiger partial charge on any atom is -0.493 e. The van der Waals surface area contributed by atoms with E-state index in [-0.39, 0.29) is 6.10 Å². The molecule has 1 fully saturated rings. The Morgan fingerprint density at radius 1 is 1.44 bits per heavy atom. The third-order valence-corrected chi connectivity index (χ3v) is 4.17. The van der Waals surface area contributed by atoms with Gasteiger partial charge < -0.3 is 14.6 Å². The lowest BCUT2D eigenvalue weighted by Gasteiger charge is -2.26. The standard InChI is InChI=1S/C13H16O4S/c1-8(13(14)15)9-3-4-11(12(5-9)16-2)17-10-6-18-7-10/h3-5,8,10H,6-7H2,1-2H3,(H,14,15). The Balaban J connectivity index is 2.19. The van der Waals surface area contributed by atoms with Crippen LogP contribution in [0.1, 0.15) is 18.4 Å². The van der Waals surface area contributed by atoms with Crippen LogP contribution in [0, 0.1) is 0 Å². The van der Waals surface area contributed by atoms with Crippen LogP contribution in [0.25, 0.3) is 0 Å². The number of aliphatic carboxylic acids is 1. The minimum atomic E-state index is -0.846. The van der Waals surface area contributed by atoms with Crippen LogP contribution in [-0.4, -0.2) is 35.8 Å². The summed E-state index contributed by atoms with van der Waals surface area (Å²) in [4.78, 5) is 10.9. The van der Waals surface area contributed by atoms with Crippen molar-refractivity contribution in [3.05, 3.63) is 23.8 Å². The van der Waals surface area contributed by atoms with E-state index >= 15 is 0 Å².